The monoisotopic (exact) mass is 403 g/mol. The number of aromatic nitrogens is 2. The van der Waals surface area contributed by atoms with E-state index in [-0.39, 0.29) is 24.4 Å². The minimum absolute atomic E-state index is 0.0231. The number of benzene rings is 1. The Bertz CT molecular complexity index is 869. The van der Waals surface area contributed by atoms with Crippen LogP contribution < -0.4 is 5.32 Å². The van der Waals surface area contributed by atoms with Crippen LogP contribution in [0.2, 0.25) is 0 Å². The molecule has 0 amide bonds. The first-order valence-corrected chi connectivity index (χ1v) is 9.62. The largest absolute Gasteiger partial charge is 0.501 e. The van der Waals surface area contributed by atoms with Gasteiger partial charge in [-0.25, -0.2) is 18.4 Å². The third-order valence-corrected chi connectivity index (χ3v) is 5.49. The zero-order valence-electron chi connectivity index (χ0n) is 14.7. The number of nitrogens with one attached hydrogen (secondary N) is 1. The molecule has 1 atom stereocenters. The molecule has 1 aromatic carbocycles. The summed E-state index contributed by atoms with van der Waals surface area (Å²) in [6.45, 7) is 4.29. The van der Waals surface area contributed by atoms with Gasteiger partial charge < -0.3 is 10.4 Å². The van der Waals surface area contributed by atoms with Crippen molar-refractivity contribution in [1.29, 1.82) is 0 Å². The van der Waals surface area contributed by atoms with E-state index in [2.05, 4.69) is 15.3 Å². The van der Waals surface area contributed by atoms with Crippen molar-refractivity contribution in [2.75, 3.05) is 6.61 Å². The lowest BCUT2D eigenvalue weighted by Crippen LogP contribution is -2.36. The van der Waals surface area contributed by atoms with Crippen molar-refractivity contribution in [3.05, 3.63) is 42.2 Å². The van der Waals surface area contributed by atoms with Crippen LogP contribution in [0, 0.1) is 5.92 Å². The van der Waals surface area contributed by atoms with E-state index in [4.69, 9.17) is 0 Å². The average molecular weight is 403 g/mol. The average Bonchev–Trinajstić information content (AvgIpc) is 2.61. The van der Waals surface area contributed by atoms with Gasteiger partial charge in [-0.05, 0) is 36.2 Å². The summed E-state index contributed by atoms with van der Waals surface area (Å²) in [7, 11) is -5.39. The van der Waals surface area contributed by atoms with E-state index in [0.717, 1.165) is 12.1 Å². The second-order valence-corrected chi connectivity index (χ2v) is 8.20. The molecule has 0 aliphatic heterocycles. The van der Waals surface area contributed by atoms with Crippen LogP contribution in [0.25, 0.3) is 11.4 Å². The number of aliphatic hydroxyl groups excluding tert-OH is 1. The number of halogens is 3. The van der Waals surface area contributed by atoms with Gasteiger partial charge in [0.1, 0.15) is 0 Å². The van der Waals surface area contributed by atoms with E-state index < -0.39 is 20.2 Å². The van der Waals surface area contributed by atoms with Crippen LogP contribution in [0.4, 0.5) is 13.2 Å². The Morgan fingerprint density at radius 2 is 1.78 bits per heavy atom. The molecular weight excluding hydrogens is 383 g/mol. The highest BCUT2D eigenvalue weighted by molar-refractivity contribution is 7.92. The Labute approximate surface area is 155 Å². The Kier molecular flexibility index (Phi) is 6.55. The highest BCUT2D eigenvalue weighted by Gasteiger charge is 2.46. The summed E-state index contributed by atoms with van der Waals surface area (Å²) in [5.74, 6) is 0.481. The Hall–Kier alpha value is -2.04. The summed E-state index contributed by atoms with van der Waals surface area (Å²) in [5.41, 5.74) is -4.33. The smallest absolute Gasteiger partial charge is 0.395 e. The summed E-state index contributed by atoms with van der Waals surface area (Å²) >= 11 is 0. The molecule has 0 spiro atoms. The van der Waals surface area contributed by atoms with Crippen LogP contribution in [-0.2, 0) is 16.4 Å². The fourth-order valence-electron chi connectivity index (χ4n) is 2.30. The zero-order valence-corrected chi connectivity index (χ0v) is 15.5. The Morgan fingerprint density at radius 3 is 2.30 bits per heavy atom. The molecule has 0 unspecified atom stereocenters. The fraction of sp³-hybridized carbons (Fsp3) is 0.412. The second kappa shape index (κ2) is 8.32. The van der Waals surface area contributed by atoms with Gasteiger partial charge in [0.25, 0.3) is 9.84 Å². The summed E-state index contributed by atoms with van der Waals surface area (Å²) < 4.78 is 60.6. The molecule has 1 aromatic heterocycles. The summed E-state index contributed by atoms with van der Waals surface area (Å²) in [4.78, 5) is 7.56. The van der Waals surface area contributed by atoms with Crippen molar-refractivity contribution in [3.8, 4) is 11.4 Å². The molecule has 148 valence electrons. The lowest BCUT2D eigenvalue weighted by Gasteiger charge is -2.19. The number of sulfone groups is 1. The molecule has 0 radical (unpaired) electrons. The minimum Gasteiger partial charge on any atom is -0.395 e. The van der Waals surface area contributed by atoms with Gasteiger partial charge in [-0.15, -0.1) is 0 Å². The van der Waals surface area contributed by atoms with Crippen LogP contribution in [0.3, 0.4) is 0 Å². The summed E-state index contributed by atoms with van der Waals surface area (Å²) in [6.07, 6.45) is 1.50. The SMILES string of the molecule is CC(C)[C@H](CO)NCc1ccnc(-c2ccc(S(=O)(=O)C(F)(F)F)cc2)n1. The number of aliphatic hydroxyl groups is 1. The van der Waals surface area contributed by atoms with E-state index in [1.54, 1.807) is 6.07 Å². The maximum absolute atomic E-state index is 12.6. The van der Waals surface area contributed by atoms with Crippen LogP contribution in [0.1, 0.15) is 19.5 Å². The molecule has 0 aliphatic rings. The van der Waals surface area contributed by atoms with Gasteiger partial charge in [0.15, 0.2) is 5.82 Å². The fourth-order valence-corrected chi connectivity index (χ4v) is 3.06. The van der Waals surface area contributed by atoms with Gasteiger partial charge in [-0.3, -0.25) is 0 Å². The highest BCUT2D eigenvalue weighted by atomic mass is 32.2. The molecule has 10 heteroatoms. The molecule has 0 saturated carbocycles. The standard InChI is InChI=1S/C17H20F3N3O3S/c1-11(2)15(10-24)22-9-13-7-8-21-16(23-13)12-3-5-14(6-4-12)27(25,26)17(18,19)20/h3-8,11,15,22,24H,9-10H2,1-2H3/t15-/m0/s1. The second-order valence-electron chi connectivity index (χ2n) is 6.26. The number of hydrogen-bond acceptors (Lipinski definition) is 6. The summed E-state index contributed by atoms with van der Waals surface area (Å²) in [6, 6.07) is 5.80. The van der Waals surface area contributed by atoms with E-state index in [9.17, 15) is 26.7 Å². The first kappa shape index (κ1) is 21.3. The maximum Gasteiger partial charge on any atom is 0.501 e. The van der Waals surface area contributed by atoms with Crippen molar-refractivity contribution in [2.45, 2.75) is 36.8 Å². The van der Waals surface area contributed by atoms with Crippen molar-refractivity contribution in [2.24, 2.45) is 5.92 Å². The molecule has 0 fully saturated rings. The molecule has 27 heavy (non-hydrogen) atoms. The third-order valence-electron chi connectivity index (χ3n) is 3.99. The van der Waals surface area contributed by atoms with Crippen LogP contribution in [0.5, 0.6) is 0 Å². The minimum atomic E-state index is -5.39. The Balaban J connectivity index is 2.20. The van der Waals surface area contributed by atoms with Crippen LogP contribution in [-0.4, -0.2) is 41.6 Å². The molecule has 2 N–H and O–H groups in total. The predicted molar refractivity (Wildman–Crippen MR) is 93.3 cm³/mol. The highest BCUT2D eigenvalue weighted by Crippen LogP contribution is 2.31. The number of alkyl halides is 3. The van der Waals surface area contributed by atoms with Crippen molar-refractivity contribution in [1.82, 2.24) is 15.3 Å². The van der Waals surface area contributed by atoms with Crippen LogP contribution >= 0.6 is 0 Å². The van der Waals surface area contributed by atoms with E-state index in [1.807, 2.05) is 13.8 Å². The molecule has 1 heterocycles. The number of rotatable bonds is 7. The molecule has 0 bridgehead atoms. The number of hydrogen-bond donors (Lipinski definition) is 2. The van der Waals surface area contributed by atoms with E-state index >= 15 is 0 Å². The molecule has 6 nitrogen and oxygen atoms in total. The molecule has 0 aliphatic carbocycles. The van der Waals surface area contributed by atoms with Gasteiger partial charge in [0.2, 0.25) is 0 Å². The quantitative estimate of drug-likeness (QED) is 0.738. The zero-order chi connectivity index (χ0) is 20.2. The first-order valence-electron chi connectivity index (χ1n) is 8.14. The van der Waals surface area contributed by atoms with Crippen molar-refractivity contribution < 1.29 is 26.7 Å². The van der Waals surface area contributed by atoms with Gasteiger partial charge in [0, 0.05) is 24.3 Å². The predicted octanol–water partition coefficient (Wildman–Crippen LogP) is 2.54. The first-order chi connectivity index (χ1) is 12.6. The topological polar surface area (TPSA) is 92.2 Å². The van der Waals surface area contributed by atoms with Gasteiger partial charge in [-0.1, -0.05) is 13.8 Å². The summed E-state index contributed by atoms with van der Waals surface area (Å²) in [5, 5.41) is 12.5. The van der Waals surface area contributed by atoms with Gasteiger partial charge in [-0.2, -0.15) is 13.2 Å². The van der Waals surface area contributed by atoms with E-state index in [0.29, 0.717) is 17.8 Å². The molecule has 2 rings (SSSR count). The van der Waals surface area contributed by atoms with Crippen molar-refractivity contribution in [3.63, 3.8) is 0 Å². The van der Waals surface area contributed by atoms with Crippen LogP contribution in [0.15, 0.2) is 41.4 Å². The van der Waals surface area contributed by atoms with Crippen molar-refractivity contribution >= 4 is 9.84 Å². The maximum atomic E-state index is 12.6. The number of nitrogens with zero attached hydrogens (tertiary/aromatic N) is 2. The molecule has 2 aromatic rings. The third kappa shape index (κ3) is 5.02. The molecule has 0 saturated heterocycles. The Morgan fingerprint density at radius 1 is 1.15 bits per heavy atom. The molecular formula is C17H20F3N3O3S. The van der Waals surface area contributed by atoms with Gasteiger partial charge in [0.05, 0.1) is 17.2 Å². The lowest BCUT2D eigenvalue weighted by atomic mass is 10.1. The lowest BCUT2D eigenvalue weighted by molar-refractivity contribution is -0.0436. The van der Waals surface area contributed by atoms with E-state index in [1.165, 1.54) is 18.3 Å². The van der Waals surface area contributed by atoms with Gasteiger partial charge >= 0.3 is 5.51 Å². The normalized spacial score (nSPS) is 13.7.